The van der Waals surface area contributed by atoms with Crippen molar-refractivity contribution in [3.8, 4) is 5.75 Å². The van der Waals surface area contributed by atoms with Crippen LogP contribution in [0.15, 0.2) is 64.0 Å². The maximum Gasteiger partial charge on any atom is 0.262 e. The van der Waals surface area contributed by atoms with E-state index in [4.69, 9.17) is 9.15 Å². The van der Waals surface area contributed by atoms with Gasteiger partial charge in [-0.3, -0.25) is 9.59 Å². The van der Waals surface area contributed by atoms with E-state index in [-0.39, 0.29) is 23.7 Å². The number of anilines is 2. The molecule has 0 bridgehead atoms. The van der Waals surface area contributed by atoms with Crippen LogP contribution in [-0.4, -0.2) is 19.1 Å². The average molecular weight is 404 g/mol. The van der Waals surface area contributed by atoms with E-state index in [1.807, 2.05) is 44.2 Å². The summed E-state index contributed by atoms with van der Waals surface area (Å²) in [5.41, 5.74) is 4.99. The predicted molar refractivity (Wildman–Crippen MR) is 116 cm³/mol. The Balaban J connectivity index is 1.36. The van der Waals surface area contributed by atoms with Crippen molar-refractivity contribution in [1.29, 1.82) is 0 Å². The number of para-hydroxylation sites is 1. The molecule has 0 atom stereocenters. The zero-order valence-corrected chi connectivity index (χ0v) is 17.1. The fraction of sp³-hybridized carbons (Fsp3) is 0.250. The third kappa shape index (κ3) is 4.22. The van der Waals surface area contributed by atoms with Gasteiger partial charge in [-0.1, -0.05) is 30.3 Å². The van der Waals surface area contributed by atoms with Crippen molar-refractivity contribution in [3.63, 3.8) is 0 Å². The topological polar surface area (TPSA) is 71.8 Å². The first-order valence-electron chi connectivity index (χ1n) is 9.94. The molecule has 4 rings (SSSR count). The van der Waals surface area contributed by atoms with Gasteiger partial charge in [0.25, 0.3) is 5.91 Å². The molecule has 1 aliphatic heterocycles. The Hall–Kier alpha value is -3.54. The first-order chi connectivity index (χ1) is 14.5. The summed E-state index contributed by atoms with van der Waals surface area (Å²) >= 11 is 0. The lowest BCUT2D eigenvalue weighted by molar-refractivity contribution is -0.118. The SMILES string of the molecule is Cc1cccc(NC(=O)COc2coc(CN3CCc4ccccc43)cc2=O)c1C. The van der Waals surface area contributed by atoms with Crippen LogP contribution in [0.25, 0.3) is 0 Å². The van der Waals surface area contributed by atoms with Crippen LogP contribution in [0.1, 0.15) is 22.5 Å². The van der Waals surface area contributed by atoms with Crippen LogP contribution in [0.3, 0.4) is 0 Å². The molecule has 0 spiro atoms. The number of hydrogen-bond acceptors (Lipinski definition) is 5. The Bertz CT molecular complexity index is 1140. The van der Waals surface area contributed by atoms with Crippen molar-refractivity contribution in [2.24, 2.45) is 0 Å². The molecule has 1 N–H and O–H groups in total. The standard InChI is InChI=1S/C24H24N2O4/c1-16-6-5-8-20(17(16)2)25-24(28)15-30-23-14-29-19(12-22(23)27)13-26-11-10-18-7-3-4-9-21(18)26/h3-9,12,14H,10-11,13,15H2,1-2H3,(H,25,28). The summed E-state index contributed by atoms with van der Waals surface area (Å²) < 4.78 is 11.0. The summed E-state index contributed by atoms with van der Waals surface area (Å²) in [7, 11) is 0. The average Bonchev–Trinajstić information content (AvgIpc) is 3.14. The van der Waals surface area contributed by atoms with Gasteiger partial charge in [-0.2, -0.15) is 0 Å². The lowest BCUT2D eigenvalue weighted by atomic mass is 10.1. The Morgan fingerprint density at radius 1 is 1.17 bits per heavy atom. The number of amides is 1. The van der Waals surface area contributed by atoms with Crippen LogP contribution >= 0.6 is 0 Å². The van der Waals surface area contributed by atoms with Gasteiger partial charge in [0, 0.05) is 24.0 Å². The molecule has 154 valence electrons. The molecule has 1 aromatic heterocycles. The third-order valence-electron chi connectivity index (χ3n) is 5.42. The van der Waals surface area contributed by atoms with Crippen molar-refractivity contribution in [3.05, 3.63) is 87.5 Å². The first kappa shape index (κ1) is 19.8. The summed E-state index contributed by atoms with van der Waals surface area (Å²) in [5, 5.41) is 2.81. The number of fused-ring (bicyclic) bond motifs is 1. The summed E-state index contributed by atoms with van der Waals surface area (Å²) in [5.74, 6) is 0.251. The highest BCUT2D eigenvalue weighted by molar-refractivity contribution is 5.92. The van der Waals surface area contributed by atoms with Gasteiger partial charge < -0.3 is 19.4 Å². The molecule has 30 heavy (non-hydrogen) atoms. The molecule has 6 heteroatoms. The van der Waals surface area contributed by atoms with Crippen LogP contribution < -0.4 is 20.4 Å². The molecule has 2 heterocycles. The van der Waals surface area contributed by atoms with Gasteiger partial charge >= 0.3 is 0 Å². The quantitative estimate of drug-likeness (QED) is 0.676. The highest BCUT2D eigenvalue weighted by Gasteiger charge is 2.19. The molecule has 0 fully saturated rings. The number of ether oxygens (including phenoxy) is 1. The van der Waals surface area contributed by atoms with E-state index >= 15 is 0 Å². The Morgan fingerprint density at radius 2 is 2.00 bits per heavy atom. The molecular formula is C24H24N2O4. The molecule has 2 aromatic carbocycles. The minimum Gasteiger partial charge on any atom is -0.477 e. The van der Waals surface area contributed by atoms with Crippen LogP contribution in [-0.2, 0) is 17.8 Å². The summed E-state index contributed by atoms with van der Waals surface area (Å²) in [4.78, 5) is 26.8. The molecule has 1 aliphatic rings. The van der Waals surface area contributed by atoms with Crippen molar-refractivity contribution >= 4 is 17.3 Å². The second-order valence-corrected chi connectivity index (χ2v) is 7.46. The second kappa shape index (κ2) is 8.45. The van der Waals surface area contributed by atoms with Crippen molar-refractivity contribution in [1.82, 2.24) is 0 Å². The van der Waals surface area contributed by atoms with Gasteiger partial charge in [-0.05, 0) is 49.1 Å². The van der Waals surface area contributed by atoms with E-state index in [1.165, 1.54) is 23.6 Å². The number of carbonyl (C=O) groups excluding carboxylic acids is 1. The number of carbonyl (C=O) groups is 1. The fourth-order valence-electron chi connectivity index (χ4n) is 3.60. The lowest BCUT2D eigenvalue weighted by Gasteiger charge is -2.18. The maximum absolute atomic E-state index is 12.4. The molecule has 0 radical (unpaired) electrons. The van der Waals surface area contributed by atoms with Gasteiger partial charge in [0.2, 0.25) is 11.2 Å². The third-order valence-corrected chi connectivity index (χ3v) is 5.42. The second-order valence-electron chi connectivity index (χ2n) is 7.46. The highest BCUT2D eigenvalue weighted by Crippen LogP contribution is 2.28. The number of nitrogens with one attached hydrogen (secondary N) is 1. The summed E-state index contributed by atoms with van der Waals surface area (Å²) in [6.45, 7) is 5.06. The van der Waals surface area contributed by atoms with Gasteiger partial charge in [0.15, 0.2) is 6.61 Å². The van der Waals surface area contributed by atoms with Crippen LogP contribution in [0, 0.1) is 13.8 Å². The maximum atomic E-state index is 12.4. The van der Waals surface area contributed by atoms with E-state index in [9.17, 15) is 9.59 Å². The van der Waals surface area contributed by atoms with Crippen molar-refractivity contribution in [2.45, 2.75) is 26.8 Å². The summed E-state index contributed by atoms with van der Waals surface area (Å²) in [6.07, 6.45) is 2.27. The first-order valence-corrected chi connectivity index (χ1v) is 9.94. The molecule has 0 saturated heterocycles. The van der Waals surface area contributed by atoms with E-state index < -0.39 is 0 Å². The number of hydrogen-bond donors (Lipinski definition) is 1. The zero-order chi connectivity index (χ0) is 21.1. The van der Waals surface area contributed by atoms with Crippen molar-refractivity contribution < 1.29 is 13.9 Å². The number of nitrogens with zero attached hydrogens (tertiary/aromatic N) is 1. The van der Waals surface area contributed by atoms with Crippen LogP contribution in [0.4, 0.5) is 11.4 Å². The minimum absolute atomic E-state index is 0.0247. The molecule has 0 unspecified atom stereocenters. The smallest absolute Gasteiger partial charge is 0.262 e. The molecule has 0 aliphatic carbocycles. The van der Waals surface area contributed by atoms with Crippen LogP contribution in [0.2, 0.25) is 0 Å². The predicted octanol–water partition coefficient (Wildman–Crippen LogP) is 3.84. The number of aryl methyl sites for hydroxylation is 1. The van der Waals surface area contributed by atoms with Gasteiger partial charge in [-0.15, -0.1) is 0 Å². The van der Waals surface area contributed by atoms with E-state index in [2.05, 4.69) is 22.3 Å². The van der Waals surface area contributed by atoms with E-state index in [1.54, 1.807) is 0 Å². The Kier molecular flexibility index (Phi) is 5.57. The molecule has 0 saturated carbocycles. The number of benzene rings is 2. The van der Waals surface area contributed by atoms with E-state index in [0.29, 0.717) is 12.3 Å². The van der Waals surface area contributed by atoms with E-state index in [0.717, 1.165) is 29.8 Å². The Morgan fingerprint density at radius 3 is 2.83 bits per heavy atom. The summed E-state index contributed by atoms with van der Waals surface area (Å²) in [6, 6.07) is 15.4. The Labute approximate surface area is 175 Å². The largest absolute Gasteiger partial charge is 0.477 e. The lowest BCUT2D eigenvalue weighted by Crippen LogP contribution is -2.23. The fourth-order valence-corrected chi connectivity index (χ4v) is 3.60. The van der Waals surface area contributed by atoms with Gasteiger partial charge in [-0.25, -0.2) is 0 Å². The monoisotopic (exact) mass is 404 g/mol. The van der Waals surface area contributed by atoms with Gasteiger partial charge in [0.05, 0.1) is 6.54 Å². The van der Waals surface area contributed by atoms with Gasteiger partial charge in [0.1, 0.15) is 12.0 Å². The zero-order valence-electron chi connectivity index (χ0n) is 17.1. The minimum atomic E-state index is -0.333. The molecule has 6 nitrogen and oxygen atoms in total. The highest BCUT2D eigenvalue weighted by atomic mass is 16.5. The molecule has 3 aromatic rings. The molecule has 1 amide bonds. The number of rotatable bonds is 6. The molecular weight excluding hydrogens is 380 g/mol. The van der Waals surface area contributed by atoms with Crippen molar-refractivity contribution in [2.75, 3.05) is 23.4 Å². The van der Waals surface area contributed by atoms with Crippen LogP contribution in [0.5, 0.6) is 5.75 Å². The normalized spacial score (nSPS) is 12.5.